The van der Waals surface area contributed by atoms with Crippen molar-refractivity contribution < 1.29 is 9.53 Å². The van der Waals surface area contributed by atoms with Gasteiger partial charge < -0.3 is 15.0 Å². The normalized spacial score (nSPS) is 9.95. The molecule has 0 saturated heterocycles. The van der Waals surface area contributed by atoms with Gasteiger partial charge in [-0.05, 0) is 25.1 Å². The molecule has 0 atom stereocenters. The van der Waals surface area contributed by atoms with E-state index in [4.69, 9.17) is 4.74 Å². The molecule has 2 aromatic rings. The lowest BCUT2D eigenvalue weighted by atomic mass is 10.2. The van der Waals surface area contributed by atoms with Crippen LogP contribution in [0.3, 0.4) is 0 Å². The molecule has 0 aliphatic rings. The molecule has 5 heteroatoms. The van der Waals surface area contributed by atoms with Gasteiger partial charge >= 0.3 is 0 Å². The number of carbonyl (C=O) groups is 1. The predicted octanol–water partition coefficient (Wildman–Crippen LogP) is 2.03. The highest BCUT2D eigenvalue weighted by atomic mass is 16.5. The molecule has 0 saturated carbocycles. The maximum absolute atomic E-state index is 12.0. The fourth-order valence-corrected chi connectivity index (χ4v) is 1.63. The first-order valence-corrected chi connectivity index (χ1v) is 5.92. The van der Waals surface area contributed by atoms with Crippen LogP contribution in [0.25, 0.3) is 0 Å². The number of para-hydroxylation sites is 2. The summed E-state index contributed by atoms with van der Waals surface area (Å²) in [4.78, 5) is 25.6. The highest BCUT2D eigenvalue weighted by Crippen LogP contribution is 2.24. The third-order valence-electron chi connectivity index (χ3n) is 2.47. The molecule has 1 heterocycles. The topological polar surface area (TPSA) is 71.2 Å². The molecule has 0 aliphatic carbocycles. The zero-order chi connectivity index (χ0) is 13.7. The Balaban J connectivity index is 2.21. The van der Waals surface area contributed by atoms with Crippen LogP contribution in [-0.2, 0) is 0 Å². The SMILES string of the molecule is CCOc1ccccc1NC(=O)c1cc[nH]c(=O)c1. The van der Waals surface area contributed by atoms with Crippen molar-refractivity contribution in [2.45, 2.75) is 6.92 Å². The molecule has 0 aliphatic heterocycles. The van der Waals surface area contributed by atoms with E-state index in [0.29, 0.717) is 23.6 Å². The Morgan fingerprint density at radius 2 is 2.11 bits per heavy atom. The second-order valence-electron chi connectivity index (χ2n) is 3.82. The molecule has 1 aromatic carbocycles. The minimum atomic E-state index is -0.349. The number of aromatic nitrogens is 1. The third kappa shape index (κ3) is 3.22. The van der Waals surface area contributed by atoms with E-state index >= 15 is 0 Å². The van der Waals surface area contributed by atoms with Gasteiger partial charge in [-0.1, -0.05) is 12.1 Å². The van der Waals surface area contributed by atoms with Crippen molar-refractivity contribution in [3.63, 3.8) is 0 Å². The Morgan fingerprint density at radius 1 is 1.32 bits per heavy atom. The van der Waals surface area contributed by atoms with Gasteiger partial charge in [-0.3, -0.25) is 9.59 Å². The molecule has 0 radical (unpaired) electrons. The van der Waals surface area contributed by atoms with E-state index in [1.807, 2.05) is 13.0 Å². The first-order chi connectivity index (χ1) is 9.20. The Labute approximate surface area is 110 Å². The molecule has 0 bridgehead atoms. The van der Waals surface area contributed by atoms with Crippen LogP contribution in [0.4, 0.5) is 5.69 Å². The van der Waals surface area contributed by atoms with E-state index in [2.05, 4.69) is 10.3 Å². The Bertz CT molecular complexity index is 634. The van der Waals surface area contributed by atoms with Crippen molar-refractivity contribution in [3.8, 4) is 5.75 Å². The lowest BCUT2D eigenvalue weighted by Gasteiger charge is -2.10. The number of amides is 1. The summed E-state index contributed by atoms with van der Waals surface area (Å²) in [7, 11) is 0. The molecular formula is C14H14N2O3. The quantitative estimate of drug-likeness (QED) is 0.881. The minimum Gasteiger partial charge on any atom is -0.492 e. The number of hydrogen-bond donors (Lipinski definition) is 2. The molecule has 98 valence electrons. The number of carbonyl (C=O) groups excluding carboxylic acids is 1. The van der Waals surface area contributed by atoms with E-state index in [9.17, 15) is 9.59 Å². The smallest absolute Gasteiger partial charge is 0.256 e. The first kappa shape index (κ1) is 12.9. The number of nitrogens with one attached hydrogen (secondary N) is 2. The van der Waals surface area contributed by atoms with Crippen LogP contribution in [0.1, 0.15) is 17.3 Å². The molecule has 19 heavy (non-hydrogen) atoms. The van der Waals surface area contributed by atoms with E-state index in [0.717, 1.165) is 0 Å². The Hall–Kier alpha value is -2.56. The molecule has 1 aromatic heterocycles. The molecular weight excluding hydrogens is 244 g/mol. The van der Waals surface area contributed by atoms with Gasteiger partial charge in [-0.2, -0.15) is 0 Å². The molecule has 5 nitrogen and oxygen atoms in total. The lowest BCUT2D eigenvalue weighted by molar-refractivity contribution is 0.102. The van der Waals surface area contributed by atoms with Crippen LogP contribution in [0, 0.1) is 0 Å². The predicted molar refractivity (Wildman–Crippen MR) is 72.6 cm³/mol. The first-order valence-electron chi connectivity index (χ1n) is 5.92. The highest BCUT2D eigenvalue weighted by Gasteiger charge is 2.09. The van der Waals surface area contributed by atoms with Crippen LogP contribution in [0.5, 0.6) is 5.75 Å². The summed E-state index contributed by atoms with van der Waals surface area (Å²) in [6, 6.07) is 9.94. The fraction of sp³-hybridized carbons (Fsp3) is 0.143. The minimum absolute atomic E-state index is 0.301. The summed E-state index contributed by atoms with van der Waals surface area (Å²) in [5.41, 5.74) is 0.565. The number of aromatic amines is 1. The Kier molecular flexibility index (Phi) is 3.97. The van der Waals surface area contributed by atoms with Crippen molar-refractivity contribution in [2.24, 2.45) is 0 Å². The van der Waals surface area contributed by atoms with Gasteiger partial charge in [0.05, 0.1) is 12.3 Å². The largest absolute Gasteiger partial charge is 0.492 e. The van der Waals surface area contributed by atoms with Gasteiger partial charge in [0.2, 0.25) is 5.56 Å². The van der Waals surface area contributed by atoms with Gasteiger partial charge in [-0.15, -0.1) is 0 Å². The van der Waals surface area contributed by atoms with Gasteiger partial charge in [0, 0.05) is 17.8 Å². The zero-order valence-electron chi connectivity index (χ0n) is 10.5. The molecule has 0 unspecified atom stereocenters. The second kappa shape index (κ2) is 5.86. The van der Waals surface area contributed by atoms with Crippen LogP contribution in [-0.4, -0.2) is 17.5 Å². The molecule has 0 spiro atoms. The van der Waals surface area contributed by atoms with Crippen LogP contribution in [0.2, 0.25) is 0 Å². The van der Waals surface area contributed by atoms with Gasteiger partial charge in [0.25, 0.3) is 5.91 Å². The van der Waals surface area contributed by atoms with E-state index < -0.39 is 0 Å². The van der Waals surface area contributed by atoms with E-state index in [-0.39, 0.29) is 11.5 Å². The van der Waals surface area contributed by atoms with Gasteiger partial charge in [-0.25, -0.2) is 0 Å². The number of hydrogen-bond acceptors (Lipinski definition) is 3. The zero-order valence-corrected chi connectivity index (χ0v) is 10.5. The van der Waals surface area contributed by atoms with Crippen LogP contribution in [0.15, 0.2) is 47.4 Å². The average molecular weight is 258 g/mol. The molecule has 1 amide bonds. The molecule has 2 rings (SSSR count). The van der Waals surface area contributed by atoms with Crippen molar-refractivity contribution >= 4 is 11.6 Å². The average Bonchev–Trinajstić information content (AvgIpc) is 2.41. The maximum Gasteiger partial charge on any atom is 0.256 e. The number of rotatable bonds is 4. The standard InChI is InChI=1S/C14H14N2O3/c1-2-19-12-6-4-3-5-11(12)16-14(18)10-7-8-15-13(17)9-10/h3-9H,2H2,1H3,(H,15,17)(H,16,18). The lowest BCUT2D eigenvalue weighted by Crippen LogP contribution is -2.16. The monoisotopic (exact) mass is 258 g/mol. The summed E-state index contributed by atoms with van der Waals surface area (Å²) in [6.45, 7) is 2.38. The van der Waals surface area contributed by atoms with Crippen molar-refractivity contribution in [1.29, 1.82) is 0 Å². The van der Waals surface area contributed by atoms with Gasteiger partial charge in [0.1, 0.15) is 5.75 Å². The fourth-order valence-electron chi connectivity index (χ4n) is 1.63. The summed E-state index contributed by atoms with van der Waals surface area (Å²) in [5, 5.41) is 2.72. The van der Waals surface area contributed by atoms with E-state index in [1.54, 1.807) is 24.3 Å². The third-order valence-corrected chi connectivity index (χ3v) is 2.47. The number of pyridine rings is 1. The van der Waals surface area contributed by atoms with Crippen LogP contribution < -0.4 is 15.6 Å². The summed E-state index contributed by atoms with van der Waals surface area (Å²) >= 11 is 0. The number of ether oxygens (including phenoxy) is 1. The highest BCUT2D eigenvalue weighted by molar-refractivity contribution is 6.04. The number of anilines is 1. The second-order valence-corrected chi connectivity index (χ2v) is 3.82. The van der Waals surface area contributed by atoms with Crippen molar-refractivity contribution in [1.82, 2.24) is 4.98 Å². The number of benzene rings is 1. The summed E-state index contributed by atoms with van der Waals surface area (Å²) in [6.07, 6.45) is 1.44. The van der Waals surface area contributed by atoms with E-state index in [1.165, 1.54) is 12.3 Å². The van der Waals surface area contributed by atoms with Crippen molar-refractivity contribution in [3.05, 3.63) is 58.5 Å². The van der Waals surface area contributed by atoms with Crippen molar-refractivity contribution in [2.75, 3.05) is 11.9 Å². The van der Waals surface area contributed by atoms with Gasteiger partial charge in [0.15, 0.2) is 0 Å². The Morgan fingerprint density at radius 3 is 2.84 bits per heavy atom. The maximum atomic E-state index is 12.0. The summed E-state index contributed by atoms with van der Waals surface area (Å²) in [5.74, 6) is 0.251. The molecule has 2 N–H and O–H groups in total. The summed E-state index contributed by atoms with van der Waals surface area (Å²) < 4.78 is 5.41. The van der Waals surface area contributed by atoms with Crippen LogP contribution >= 0.6 is 0 Å². The molecule has 0 fully saturated rings. The number of H-pyrrole nitrogens is 1.